The van der Waals surface area contributed by atoms with Crippen LogP contribution in [0.4, 0.5) is 8.78 Å². The minimum Gasteiger partial charge on any atom is -0.348 e. The number of aromatic amines is 1. The standard InChI is InChI=1S/C19H17F2N3O3/c1-10-3-5-14-16(7-10)23-19(27)24(18(14)26)9-17(25)22-11(2)13-6-4-12(20)8-15(13)21/h3-8,11H,9H2,1-2H3,(H,22,25)(H,23,27)/t11-/m0/s1. The lowest BCUT2D eigenvalue weighted by molar-refractivity contribution is -0.122. The maximum atomic E-state index is 13.8. The summed E-state index contributed by atoms with van der Waals surface area (Å²) in [6.45, 7) is 2.82. The Kier molecular flexibility index (Phi) is 4.89. The van der Waals surface area contributed by atoms with Crippen LogP contribution in [0.1, 0.15) is 24.1 Å². The molecule has 0 saturated carbocycles. The highest BCUT2D eigenvalue weighted by molar-refractivity contribution is 5.79. The van der Waals surface area contributed by atoms with Crippen LogP contribution in [0.15, 0.2) is 46.0 Å². The van der Waals surface area contributed by atoms with Gasteiger partial charge < -0.3 is 10.3 Å². The lowest BCUT2D eigenvalue weighted by atomic mass is 10.1. The van der Waals surface area contributed by atoms with Gasteiger partial charge in [-0.05, 0) is 37.6 Å². The number of nitrogens with zero attached hydrogens (tertiary/aromatic N) is 1. The molecule has 0 bridgehead atoms. The average molecular weight is 373 g/mol. The fourth-order valence-corrected chi connectivity index (χ4v) is 2.87. The monoisotopic (exact) mass is 373 g/mol. The molecule has 1 aromatic heterocycles. The van der Waals surface area contributed by atoms with E-state index in [1.54, 1.807) is 18.2 Å². The number of amides is 1. The van der Waals surface area contributed by atoms with Gasteiger partial charge in [-0.25, -0.2) is 13.6 Å². The van der Waals surface area contributed by atoms with Gasteiger partial charge in [-0.3, -0.25) is 14.2 Å². The van der Waals surface area contributed by atoms with Gasteiger partial charge in [0.25, 0.3) is 5.56 Å². The Bertz CT molecular complexity index is 1150. The smallest absolute Gasteiger partial charge is 0.329 e. The van der Waals surface area contributed by atoms with Crippen LogP contribution in [0, 0.1) is 18.6 Å². The molecule has 2 N–H and O–H groups in total. The van der Waals surface area contributed by atoms with Crippen molar-refractivity contribution < 1.29 is 13.6 Å². The van der Waals surface area contributed by atoms with E-state index in [1.165, 1.54) is 13.0 Å². The first kappa shape index (κ1) is 18.5. The molecule has 0 aliphatic carbocycles. The largest absolute Gasteiger partial charge is 0.348 e. The van der Waals surface area contributed by atoms with Crippen molar-refractivity contribution in [3.05, 3.63) is 80.0 Å². The van der Waals surface area contributed by atoms with Crippen LogP contribution in [-0.4, -0.2) is 15.5 Å². The van der Waals surface area contributed by atoms with Crippen molar-refractivity contribution >= 4 is 16.8 Å². The van der Waals surface area contributed by atoms with Crippen molar-refractivity contribution in [2.24, 2.45) is 0 Å². The number of H-pyrrole nitrogens is 1. The Morgan fingerprint density at radius 3 is 2.63 bits per heavy atom. The van der Waals surface area contributed by atoms with Crippen LogP contribution in [0.3, 0.4) is 0 Å². The van der Waals surface area contributed by atoms with E-state index in [0.29, 0.717) is 5.52 Å². The summed E-state index contributed by atoms with van der Waals surface area (Å²) in [4.78, 5) is 39.5. The van der Waals surface area contributed by atoms with E-state index in [1.807, 2.05) is 6.92 Å². The zero-order chi connectivity index (χ0) is 19.7. The molecule has 0 fully saturated rings. The molecule has 140 valence electrons. The van der Waals surface area contributed by atoms with Gasteiger partial charge in [0.15, 0.2) is 0 Å². The Labute approximate surface area is 152 Å². The molecule has 0 aliphatic heterocycles. The van der Waals surface area contributed by atoms with Crippen LogP contribution in [0.2, 0.25) is 0 Å². The molecule has 8 heteroatoms. The van der Waals surface area contributed by atoms with E-state index >= 15 is 0 Å². The van der Waals surface area contributed by atoms with Gasteiger partial charge in [-0.2, -0.15) is 0 Å². The number of fused-ring (bicyclic) bond motifs is 1. The number of hydrogen-bond donors (Lipinski definition) is 2. The predicted octanol–water partition coefficient (Wildman–Crippen LogP) is 2.15. The predicted molar refractivity (Wildman–Crippen MR) is 96.5 cm³/mol. The number of rotatable bonds is 4. The number of aryl methyl sites for hydroxylation is 1. The second kappa shape index (κ2) is 7.14. The minimum atomic E-state index is -0.793. The molecule has 6 nitrogen and oxygen atoms in total. The van der Waals surface area contributed by atoms with E-state index in [2.05, 4.69) is 10.3 Å². The van der Waals surface area contributed by atoms with Gasteiger partial charge in [0.1, 0.15) is 18.2 Å². The van der Waals surface area contributed by atoms with E-state index in [9.17, 15) is 23.2 Å². The summed E-state index contributed by atoms with van der Waals surface area (Å²) < 4.78 is 27.6. The third-order valence-electron chi connectivity index (χ3n) is 4.25. The first-order chi connectivity index (χ1) is 12.8. The number of nitrogens with one attached hydrogen (secondary N) is 2. The van der Waals surface area contributed by atoms with Crippen molar-refractivity contribution in [3.8, 4) is 0 Å². The van der Waals surface area contributed by atoms with E-state index in [-0.39, 0.29) is 10.9 Å². The number of benzene rings is 2. The molecular formula is C19H17F2N3O3. The molecule has 0 unspecified atom stereocenters. The Hall–Kier alpha value is -3.29. The van der Waals surface area contributed by atoms with Crippen molar-refractivity contribution in [2.45, 2.75) is 26.4 Å². The Morgan fingerprint density at radius 2 is 1.93 bits per heavy atom. The van der Waals surface area contributed by atoms with Crippen LogP contribution >= 0.6 is 0 Å². The maximum absolute atomic E-state index is 13.8. The normalized spacial score (nSPS) is 12.1. The van der Waals surface area contributed by atoms with Gasteiger partial charge >= 0.3 is 5.69 Å². The van der Waals surface area contributed by atoms with E-state index in [0.717, 1.165) is 22.3 Å². The SMILES string of the molecule is Cc1ccc2c(=O)n(CC(=O)N[C@@H](C)c3ccc(F)cc3F)c(=O)[nH]c2c1. The lowest BCUT2D eigenvalue weighted by Crippen LogP contribution is -2.41. The topological polar surface area (TPSA) is 84.0 Å². The molecular weight excluding hydrogens is 356 g/mol. The second-order valence-electron chi connectivity index (χ2n) is 6.33. The number of carbonyl (C=O) groups is 1. The average Bonchev–Trinajstić information content (AvgIpc) is 2.58. The van der Waals surface area contributed by atoms with Crippen LogP contribution in [0.5, 0.6) is 0 Å². The summed E-state index contributed by atoms with van der Waals surface area (Å²) in [5.74, 6) is -2.16. The highest BCUT2D eigenvalue weighted by Gasteiger charge is 2.16. The third kappa shape index (κ3) is 3.79. The molecule has 1 amide bonds. The summed E-state index contributed by atoms with van der Waals surface area (Å²) in [7, 11) is 0. The van der Waals surface area contributed by atoms with Crippen LogP contribution < -0.4 is 16.6 Å². The highest BCUT2D eigenvalue weighted by atomic mass is 19.1. The van der Waals surface area contributed by atoms with Gasteiger partial charge in [0.2, 0.25) is 5.91 Å². The zero-order valence-corrected chi connectivity index (χ0v) is 14.7. The lowest BCUT2D eigenvalue weighted by Gasteiger charge is -2.15. The third-order valence-corrected chi connectivity index (χ3v) is 4.25. The van der Waals surface area contributed by atoms with Crippen molar-refractivity contribution in [1.29, 1.82) is 0 Å². The van der Waals surface area contributed by atoms with Crippen molar-refractivity contribution in [2.75, 3.05) is 0 Å². The van der Waals surface area contributed by atoms with Gasteiger partial charge in [-0.15, -0.1) is 0 Å². The fourth-order valence-electron chi connectivity index (χ4n) is 2.87. The van der Waals surface area contributed by atoms with E-state index < -0.39 is 41.4 Å². The van der Waals surface area contributed by atoms with Crippen molar-refractivity contribution in [1.82, 2.24) is 14.9 Å². The molecule has 3 aromatic rings. The minimum absolute atomic E-state index is 0.0972. The maximum Gasteiger partial charge on any atom is 0.329 e. The van der Waals surface area contributed by atoms with Gasteiger partial charge in [0, 0.05) is 11.6 Å². The Balaban J connectivity index is 1.85. The quantitative estimate of drug-likeness (QED) is 0.735. The molecule has 0 saturated heterocycles. The number of halogens is 2. The molecule has 27 heavy (non-hydrogen) atoms. The second-order valence-corrected chi connectivity index (χ2v) is 6.33. The van der Waals surface area contributed by atoms with Gasteiger partial charge in [-0.1, -0.05) is 12.1 Å². The first-order valence-electron chi connectivity index (χ1n) is 8.24. The first-order valence-corrected chi connectivity index (χ1v) is 8.24. The summed E-state index contributed by atoms with van der Waals surface area (Å²) in [6, 6.07) is 7.24. The molecule has 1 heterocycles. The van der Waals surface area contributed by atoms with Crippen molar-refractivity contribution in [3.63, 3.8) is 0 Å². The number of hydrogen-bond acceptors (Lipinski definition) is 3. The van der Waals surface area contributed by atoms with Gasteiger partial charge in [0.05, 0.1) is 16.9 Å². The number of carbonyl (C=O) groups excluding carboxylic acids is 1. The molecule has 1 atom stereocenters. The van der Waals surface area contributed by atoms with E-state index in [4.69, 9.17) is 0 Å². The summed E-state index contributed by atoms with van der Waals surface area (Å²) >= 11 is 0. The molecule has 2 aromatic carbocycles. The highest BCUT2D eigenvalue weighted by Crippen LogP contribution is 2.17. The summed E-state index contributed by atoms with van der Waals surface area (Å²) in [5.41, 5.74) is 0.0602. The Morgan fingerprint density at radius 1 is 1.19 bits per heavy atom. The molecule has 0 aliphatic rings. The summed E-state index contributed by atoms with van der Waals surface area (Å²) in [6.07, 6.45) is 0. The molecule has 0 radical (unpaired) electrons. The fraction of sp³-hybridized carbons (Fsp3) is 0.211. The molecule has 3 rings (SSSR count). The molecule has 0 spiro atoms. The summed E-state index contributed by atoms with van der Waals surface area (Å²) in [5, 5.41) is 2.79. The van der Waals surface area contributed by atoms with Crippen LogP contribution in [0.25, 0.3) is 10.9 Å². The van der Waals surface area contributed by atoms with Crippen LogP contribution in [-0.2, 0) is 11.3 Å². The number of aromatic nitrogens is 2. The zero-order valence-electron chi connectivity index (χ0n) is 14.7.